The van der Waals surface area contributed by atoms with Crippen molar-refractivity contribution in [3.05, 3.63) is 104 Å². The van der Waals surface area contributed by atoms with Crippen LogP contribution in [0.4, 0.5) is 4.39 Å². The van der Waals surface area contributed by atoms with Gasteiger partial charge in [-0.2, -0.15) is 5.26 Å². The van der Waals surface area contributed by atoms with Crippen molar-refractivity contribution in [1.82, 2.24) is 4.98 Å². The zero-order valence-corrected chi connectivity index (χ0v) is 16.3. The van der Waals surface area contributed by atoms with Gasteiger partial charge in [-0.05, 0) is 66.4 Å². The maximum absolute atomic E-state index is 14.3. The lowest BCUT2D eigenvalue weighted by Gasteiger charge is -2.11. The van der Waals surface area contributed by atoms with Gasteiger partial charge in [0.2, 0.25) is 0 Å². The first-order valence-electron chi connectivity index (χ1n) is 9.05. The first-order valence-corrected chi connectivity index (χ1v) is 9.43. The Hall–Kier alpha value is -3.42. The van der Waals surface area contributed by atoms with Crippen LogP contribution in [0.25, 0.3) is 22.2 Å². The van der Waals surface area contributed by atoms with E-state index >= 15 is 0 Å². The minimum absolute atomic E-state index is 0.195. The Bertz CT molecular complexity index is 1330. The molecule has 29 heavy (non-hydrogen) atoms. The molecule has 0 radical (unpaired) electrons. The van der Waals surface area contributed by atoms with Gasteiger partial charge in [0, 0.05) is 22.0 Å². The molecule has 0 unspecified atom stereocenters. The Morgan fingerprint density at radius 2 is 1.83 bits per heavy atom. The van der Waals surface area contributed by atoms with Crippen molar-refractivity contribution in [3.8, 4) is 17.3 Å². The largest absolute Gasteiger partial charge is 0.354 e. The summed E-state index contributed by atoms with van der Waals surface area (Å²) in [6.45, 7) is 1.90. The molecule has 0 spiro atoms. The minimum Gasteiger partial charge on any atom is -0.354 e. The van der Waals surface area contributed by atoms with Gasteiger partial charge in [0.05, 0.1) is 22.8 Å². The molecule has 4 rings (SSSR count). The average Bonchev–Trinajstić information content (AvgIpc) is 2.69. The summed E-state index contributed by atoms with van der Waals surface area (Å²) in [5.74, 6) is -0.420. The molecule has 4 aromatic rings. The van der Waals surface area contributed by atoms with Crippen molar-refractivity contribution in [2.45, 2.75) is 13.3 Å². The highest BCUT2D eigenvalue weighted by molar-refractivity contribution is 6.30. The van der Waals surface area contributed by atoms with Crippen molar-refractivity contribution in [2.75, 3.05) is 0 Å². The van der Waals surface area contributed by atoms with Crippen molar-refractivity contribution in [1.29, 1.82) is 5.26 Å². The van der Waals surface area contributed by atoms with Crippen LogP contribution < -0.4 is 5.43 Å². The van der Waals surface area contributed by atoms with Crippen LogP contribution in [0.15, 0.2) is 65.5 Å². The lowest BCUT2D eigenvalue weighted by Crippen LogP contribution is -2.08. The molecule has 142 valence electrons. The molecule has 0 bridgehead atoms. The summed E-state index contributed by atoms with van der Waals surface area (Å²) in [4.78, 5) is 16.2. The van der Waals surface area contributed by atoms with Gasteiger partial charge in [0.25, 0.3) is 0 Å². The molecular weight excluding hydrogens is 387 g/mol. The number of fused-ring (bicyclic) bond motifs is 1. The highest BCUT2D eigenvalue weighted by Crippen LogP contribution is 2.26. The summed E-state index contributed by atoms with van der Waals surface area (Å²) in [5.41, 5.74) is 4.48. The van der Waals surface area contributed by atoms with Crippen LogP contribution in [0, 0.1) is 24.1 Å². The Balaban J connectivity index is 1.88. The third-order valence-electron chi connectivity index (χ3n) is 4.94. The van der Waals surface area contributed by atoms with Gasteiger partial charge in [0.15, 0.2) is 5.43 Å². The SMILES string of the molecule is Cc1ccc(C#N)cc1-c1cc(=O)c2c(Cc3ccc(Cl)cc3)cc(F)cc2[nH]1. The molecule has 1 aromatic heterocycles. The Morgan fingerprint density at radius 1 is 1.07 bits per heavy atom. The predicted molar refractivity (Wildman–Crippen MR) is 114 cm³/mol. The number of benzene rings is 3. The van der Waals surface area contributed by atoms with E-state index in [4.69, 9.17) is 11.6 Å². The lowest BCUT2D eigenvalue weighted by molar-refractivity contribution is 0.627. The number of aromatic amines is 1. The van der Waals surface area contributed by atoms with Gasteiger partial charge in [-0.3, -0.25) is 4.79 Å². The Kier molecular flexibility index (Phi) is 4.92. The fraction of sp³-hybridized carbons (Fsp3) is 0.0833. The molecule has 1 heterocycles. The number of halogens is 2. The summed E-state index contributed by atoms with van der Waals surface area (Å²) >= 11 is 5.94. The van der Waals surface area contributed by atoms with Crippen LogP contribution in [-0.4, -0.2) is 4.98 Å². The van der Waals surface area contributed by atoms with E-state index in [1.807, 2.05) is 25.1 Å². The van der Waals surface area contributed by atoms with Crippen LogP contribution in [-0.2, 0) is 6.42 Å². The maximum Gasteiger partial charge on any atom is 0.190 e. The molecule has 0 aliphatic heterocycles. The fourth-order valence-corrected chi connectivity index (χ4v) is 3.65. The monoisotopic (exact) mass is 402 g/mol. The normalized spacial score (nSPS) is 10.8. The number of hydrogen-bond donors (Lipinski definition) is 1. The molecule has 0 saturated heterocycles. The van der Waals surface area contributed by atoms with Crippen LogP contribution in [0.2, 0.25) is 5.02 Å². The predicted octanol–water partition coefficient (Wildman–Crippen LogP) is 5.76. The summed E-state index contributed by atoms with van der Waals surface area (Å²) < 4.78 is 14.3. The molecular formula is C24H16ClFN2O. The number of nitrogens with one attached hydrogen (secondary N) is 1. The number of nitriles is 1. The van der Waals surface area contributed by atoms with Crippen LogP contribution >= 0.6 is 11.6 Å². The maximum atomic E-state index is 14.3. The molecule has 5 heteroatoms. The van der Waals surface area contributed by atoms with E-state index in [0.717, 1.165) is 16.7 Å². The molecule has 0 saturated carbocycles. The highest BCUT2D eigenvalue weighted by atomic mass is 35.5. The Morgan fingerprint density at radius 3 is 2.55 bits per heavy atom. The molecule has 0 aliphatic rings. The number of aryl methyl sites for hydroxylation is 1. The lowest BCUT2D eigenvalue weighted by atomic mass is 9.98. The first-order chi connectivity index (χ1) is 13.9. The van der Waals surface area contributed by atoms with Gasteiger partial charge < -0.3 is 4.98 Å². The summed E-state index contributed by atoms with van der Waals surface area (Å²) in [7, 11) is 0. The van der Waals surface area contributed by atoms with E-state index in [0.29, 0.717) is 39.2 Å². The van der Waals surface area contributed by atoms with Crippen molar-refractivity contribution in [3.63, 3.8) is 0 Å². The minimum atomic E-state index is -0.420. The summed E-state index contributed by atoms with van der Waals surface area (Å²) in [6, 6.07) is 18.9. The second kappa shape index (κ2) is 7.54. The van der Waals surface area contributed by atoms with Gasteiger partial charge >= 0.3 is 0 Å². The molecule has 0 aliphatic carbocycles. The number of hydrogen-bond acceptors (Lipinski definition) is 2. The zero-order chi connectivity index (χ0) is 20.5. The number of aromatic nitrogens is 1. The topological polar surface area (TPSA) is 56.6 Å². The van der Waals surface area contributed by atoms with Gasteiger partial charge in [-0.1, -0.05) is 29.8 Å². The van der Waals surface area contributed by atoms with Gasteiger partial charge in [-0.25, -0.2) is 4.39 Å². The average molecular weight is 403 g/mol. The van der Waals surface area contributed by atoms with Crippen molar-refractivity contribution < 1.29 is 4.39 Å². The second-order valence-corrected chi connectivity index (χ2v) is 7.42. The van der Waals surface area contributed by atoms with Crippen molar-refractivity contribution in [2.24, 2.45) is 0 Å². The third-order valence-corrected chi connectivity index (χ3v) is 5.19. The molecule has 0 atom stereocenters. The van der Waals surface area contributed by atoms with Crippen LogP contribution in [0.3, 0.4) is 0 Å². The smallest absolute Gasteiger partial charge is 0.190 e. The zero-order valence-electron chi connectivity index (χ0n) is 15.6. The quantitative estimate of drug-likeness (QED) is 0.473. The number of nitrogens with zero attached hydrogens (tertiary/aromatic N) is 1. The van der Waals surface area contributed by atoms with Gasteiger partial charge in [0.1, 0.15) is 5.82 Å². The molecule has 3 nitrogen and oxygen atoms in total. The van der Waals surface area contributed by atoms with E-state index in [9.17, 15) is 14.4 Å². The molecule has 0 amide bonds. The van der Waals surface area contributed by atoms with Crippen LogP contribution in [0.1, 0.15) is 22.3 Å². The first kappa shape index (κ1) is 18.9. The highest BCUT2D eigenvalue weighted by Gasteiger charge is 2.13. The molecule has 0 fully saturated rings. The third kappa shape index (κ3) is 3.78. The van der Waals surface area contributed by atoms with E-state index in [2.05, 4.69) is 11.1 Å². The summed E-state index contributed by atoms with van der Waals surface area (Å²) in [5, 5.41) is 10.3. The molecule has 3 aromatic carbocycles. The number of H-pyrrole nitrogens is 1. The van der Waals surface area contributed by atoms with Gasteiger partial charge in [-0.15, -0.1) is 0 Å². The van der Waals surface area contributed by atoms with E-state index in [1.165, 1.54) is 18.2 Å². The van der Waals surface area contributed by atoms with E-state index in [-0.39, 0.29) is 5.43 Å². The van der Waals surface area contributed by atoms with Crippen LogP contribution in [0.5, 0.6) is 0 Å². The van der Waals surface area contributed by atoms with E-state index in [1.54, 1.807) is 24.3 Å². The fourth-order valence-electron chi connectivity index (χ4n) is 3.53. The summed E-state index contributed by atoms with van der Waals surface area (Å²) in [6.07, 6.45) is 0.413. The Labute approximate surface area is 172 Å². The number of rotatable bonds is 3. The molecule has 1 N–H and O–H groups in total. The second-order valence-electron chi connectivity index (χ2n) is 6.98. The number of pyridine rings is 1. The van der Waals surface area contributed by atoms with Crippen molar-refractivity contribution >= 4 is 22.5 Å². The van der Waals surface area contributed by atoms with E-state index < -0.39 is 5.82 Å². The standard InChI is InChI=1S/C24H16ClFN2O/c1-14-2-3-16(13-27)9-20(14)21-12-23(29)24-17(10-19(26)11-22(24)28-21)8-15-4-6-18(25)7-5-15/h2-7,9-12H,8H2,1H3,(H,28,29).